The van der Waals surface area contributed by atoms with Crippen LogP contribution in [0.3, 0.4) is 0 Å². The van der Waals surface area contributed by atoms with Gasteiger partial charge in [0.1, 0.15) is 0 Å². The third kappa shape index (κ3) is 11.3. The molecule has 0 N–H and O–H groups in total. The Morgan fingerprint density at radius 3 is 1.71 bits per heavy atom. The summed E-state index contributed by atoms with van der Waals surface area (Å²) in [6.07, 6.45) is 16.6. The van der Waals surface area contributed by atoms with E-state index in [1.54, 1.807) is 0 Å². The first kappa shape index (κ1) is 35.2. The van der Waals surface area contributed by atoms with Gasteiger partial charge in [0, 0.05) is 22.3 Å². The molecular formula is C38H58N2Ni. The van der Waals surface area contributed by atoms with Crippen molar-refractivity contribution in [2.24, 2.45) is 0 Å². The Bertz CT molecular complexity index is 1090. The number of rotatable bonds is 18. The molecule has 3 rings (SSSR count). The van der Waals surface area contributed by atoms with Crippen LogP contribution >= 0.6 is 0 Å². The van der Waals surface area contributed by atoms with Crippen molar-refractivity contribution in [1.82, 2.24) is 0 Å². The second-order valence-electron chi connectivity index (χ2n) is 11.0. The average Bonchev–Trinajstić information content (AvgIpc) is 3.28. The molecule has 0 saturated heterocycles. The quantitative estimate of drug-likeness (QED) is 0.0923. The molecule has 0 amide bonds. The van der Waals surface area contributed by atoms with Gasteiger partial charge in [-0.05, 0) is 80.3 Å². The van der Waals surface area contributed by atoms with E-state index in [1.807, 2.05) is 14.4 Å². The van der Waals surface area contributed by atoms with Crippen LogP contribution in [0.15, 0.2) is 59.7 Å². The van der Waals surface area contributed by atoms with E-state index in [-0.39, 0.29) is 0 Å². The summed E-state index contributed by atoms with van der Waals surface area (Å²) in [5, 5.41) is 2.56. The zero-order chi connectivity index (χ0) is 29.9. The molecule has 0 aromatic heterocycles. The van der Waals surface area contributed by atoms with Crippen molar-refractivity contribution in [1.29, 1.82) is 0 Å². The van der Waals surface area contributed by atoms with E-state index in [0.29, 0.717) is 0 Å². The summed E-state index contributed by atoms with van der Waals surface area (Å²) in [6, 6.07) is 17.7. The Morgan fingerprint density at radius 2 is 1.12 bits per heavy atom. The normalized spacial score (nSPS) is 13.3. The van der Waals surface area contributed by atoms with Crippen LogP contribution in [0.25, 0.3) is 16.9 Å². The van der Waals surface area contributed by atoms with Gasteiger partial charge in [0.25, 0.3) is 0 Å². The van der Waals surface area contributed by atoms with Crippen LogP contribution in [-0.4, -0.2) is 4.70 Å². The topological polar surface area (TPSA) is 25.3 Å². The number of hydrogen-bond donors (Lipinski definition) is 0. The van der Waals surface area contributed by atoms with Crippen molar-refractivity contribution in [2.75, 3.05) is 0 Å². The van der Waals surface area contributed by atoms with E-state index >= 15 is 0 Å². The second kappa shape index (κ2) is 20.8. The summed E-state index contributed by atoms with van der Waals surface area (Å²) in [5.74, 6) is 0. The number of aryl methyl sites for hydroxylation is 2. The van der Waals surface area contributed by atoms with E-state index < -0.39 is 0 Å². The molecule has 2 nitrogen and oxygen atoms in total. The van der Waals surface area contributed by atoms with Crippen molar-refractivity contribution in [3.8, 4) is 0 Å². The molecule has 3 heteroatoms. The van der Waals surface area contributed by atoms with Gasteiger partial charge >= 0.3 is 39.1 Å². The molecule has 1 aliphatic heterocycles. The third-order valence-electron chi connectivity index (χ3n) is 7.89. The maximum atomic E-state index is 11.8. The van der Waals surface area contributed by atoms with Crippen LogP contribution in [0.2, 0.25) is 10.8 Å². The molecule has 0 aliphatic carbocycles. The number of benzene rings is 2. The molecule has 1 aliphatic rings. The number of nitrogens with zero attached hydrogens (tertiary/aromatic N) is 2. The average molecular weight is 602 g/mol. The fourth-order valence-corrected chi connectivity index (χ4v) is 6.03. The molecular weight excluding hydrogens is 543 g/mol. The maximum absolute atomic E-state index is 11.8. The van der Waals surface area contributed by atoms with E-state index in [9.17, 15) is 5.53 Å². The van der Waals surface area contributed by atoms with Crippen LogP contribution in [0.4, 0.5) is 0 Å². The first-order valence-electron chi connectivity index (χ1n) is 16.6. The standard InChI is InChI=1S/C34H48N2.2C2H5.Ni/c1-5-9-12-13-14-15-21-32-31(20-11-7-3)33(29-24-22-27(8-4)23-25-29)36(35)34(32)30-19-16-18-28(26-30)17-10-6-2;2*1-2;/h16,18-19,22-26H,5-15,17,20-21H2,1-4H3;2*1H2,2H3;. The molecule has 0 spiro atoms. The van der Waals surface area contributed by atoms with Crippen molar-refractivity contribution in [2.45, 2.75) is 142 Å². The molecule has 0 saturated carbocycles. The van der Waals surface area contributed by atoms with E-state index in [1.165, 1.54) is 89.1 Å². The predicted molar refractivity (Wildman–Crippen MR) is 177 cm³/mol. The third-order valence-corrected chi connectivity index (χ3v) is 8.88. The van der Waals surface area contributed by atoms with Crippen molar-refractivity contribution in [3.05, 3.63) is 87.5 Å². The molecule has 0 bridgehead atoms. The molecule has 2 aromatic carbocycles. The van der Waals surface area contributed by atoms with Gasteiger partial charge in [0.15, 0.2) is 0 Å². The predicted octanol–water partition coefficient (Wildman–Crippen LogP) is 12.6. The summed E-state index contributed by atoms with van der Waals surface area (Å²) in [5.41, 5.74) is 21.5. The summed E-state index contributed by atoms with van der Waals surface area (Å²) in [4.78, 5) is 0. The van der Waals surface area contributed by atoms with E-state index in [2.05, 4.69) is 90.1 Å². The monoisotopic (exact) mass is 600 g/mol. The first-order chi connectivity index (χ1) is 20.1. The van der Waals surface area contributed by atoms with Crippen LogP contribution in [-0.2, 0) is 27.3 Å². The van der Waals surface area contributed by atoms with Gasteiger partial charge in [-0.25, -0.2) is 4.70 Å². The number of allylic oxidation sites excluding steroid dienone is 2. The van der Waals surface area contributed by atoms with Crippen LogP contribution < -0.4 is 0 Å². The van der Waals surface area contributed by atoms with Crippen molar-refractivity contribution in [3.63, 3.8) is 0 Å². The number of unbranched alkanes of at least 4 members (excludes halogenated alkanes) is 7. The SMILES string of the molecule is CCCCCCCCC1=C(c2cccc(CCCC)c2)[N+](=[N-])C(c2ccc(CC)cc2)=C1CCCC.C[CH2][Ni][CH2]C. The van der Waals surface area contributed by atoms with Crippen molar-refractivity contribution >= 4 is 11.4 Å². The Kier molecular flexibility index (Phi) is 17.9. The molecule has 2 aromatic rings. The van der Waals surface area contributed by atoms with Gasteiger partial charge in [-0.3, -0.25) is 0 Å². The molecule has 0 radical (unpaired) electrons. The minimum atomic E-state index is 1.00. The summed E-state index contributed by atoms with van der Waals surface area (Å²) in [7, 11) is 0. The Balaban J connectivity index is 0.00000108. The van der Waals surface area contributed by atoms with E-state index in [4.69, 9.17) is 0 Å². The molecule has 0 unspecified atom stereocenters. The first-order valence-corrected chi connectivity index (χ1v) is 18.0. The summed E-state index contributed by atoms with van der Waals surface area (Å²) >= 11 is 1.82. The van der Waals surface area contributed by atoms with Crippen LogP contribution in [0.5, 0.6) is 0 Å². The minimum absolute atomic E-state index is 1.00. The van der Waals surface area contributed by atoms with Gasteiger partial charge in [0.05, 0.1) is 0 Å². The van der Waals surface area contributed by atoms with Gasteiger partial charge in [-0.1, -0.05) is 96.9 Å². The van der Waals surface area contributed by atoms with Crippen LogP contribution in [0, 0.1) is 0 Å². The second-order valence-corrected chi connectivity index (χ2v) is 12.9. The Hall–Kier alpha value is -1.99. The fourth-order valence-electron chi connectivity index (χ4n) is 5.53. The zero-order valence-electron chi connectivity index (χ0n) is 27.1. The molecule has 41 heavy (non-hydrogen) atoms. The fraction of sp³-hybridized carbons (Fsp3) is 0.579. The summed E-state index contributed by atoms with van der Waals surface area (Å²) in [6.45, 7) is 13.3. The van der Waals surface area contributed by atoms with Gasteiger partial charge in [-0.15, -0.1) is 0 Å². The van der Waals surface area contributed by atoms with Gasteiger partial charge in [-0.2, -0.15) is 0 Å². The van der Waals surface area contributed by atoms with Gasteiger partial charge in [0.2, 0.25) is 11.4 Å². The van der Waals surface area contributed by atoms with Gasteiger partial charge < -0.3 is 5.53 Å². The molecule has 0 atom stereocenters. The van der Waals surface area contributed by atoms with Crippen molar-refractivity contribution < 1.29 is 19.1 Å². The van der Waals surface area contributed by atoms with E-state index in [0.717, 1.165) is 61.0 Å². The molecule has 1 heterocycles. The summed E-state index contributed by atoms with van der Waals surface area (Å²) < 4.78 is 1.54. The Labute approximate surface area is 259 Å². The Morgan fingerprint density at radius 1 is 0.561 bits per heavy atom. The molecule has 0 fully saturated rings. The molecule has 230 valence electrons. The zero-order valence-corrected chi connectivity index (χ0v) is 28.1. The number of hydrogen-bond acceptors (Lipinski definition) is 0. The van der Waals surface area contributed by atoms with Crippen LogP contribution in [0.1, 0.15) is 141 Å².